The molecule has 5 nitrogen and oxygen atoms in total. The van der Waals surface area contributed by atoms with Gasteiger partial charge < -0.3 is 4.52 Å². The van der Waals surface area contributed by atoms with Crippen LogP contribution in [-0.2, 0) is 6.67 Å². The zero-order valence-electron chi connectivity index (χ0n) is 10.2. The van der Waals surface area contributed by atoms with E-state index < -0.39 is 0 Å². The van der Waals surface area contributed by atoms with Gasteiger partial charge >= 0.3 is 0 Å². The quantitative estimate of drug-likeness (QED) is 0.874. The second-order valence-electron chi connectivity index (χ2n) is 4.68. The smallest absolute Gasteiger partial charge is 0.154 e. The van der Waals surface area contributed by atoms with Crippen LogP contribution in [0.5, 0.6) is 0 Å². The lowest BCUT2D eigenvalue weighted by atomic mass is 10.1. The fourth-order valence-corrected chi connectivity index (χ4v) is 2.79. The Hall–Kier alpha value is -1.14. The van der Waals surface area contributed by atoms with E-state index in [-0.39, 0.29) is 0 Å². The van der Waals surface area contributed by atoms with Crippen LogP contribution >= 0.6 is 15.9 Å². The number of hydrogen-bond acceptors (Lipinski definition) is 4. The summed E-state index contributed by atoms with van der Waals surface area (Å²) in [5.74, 6) is 0.969. The van der Waals surface area contributed by atoms with Gasteiger partial charge in [-0.2, -0.15) is 5.10 Å². The largest absolute Gasteiger partial charge is 0.359 e. The molecular formula is C12H15BrN4O. The van der Waals surface area contributed by atoms with Gasteiger partial charge in [0, 0.05) is 18.8 Å². The second-order valence-corrected chi connectivity index (χ2v) is 5.60. The third-order valence-corrected chi connectivity index (χ3v) is 3.68. The number of hydrogen-bond donors (Lipinski definition) is 0. The van der Waals surface area contributed by atoms with Gasteiger partial charge in [0.15, 0.2) is 5.76 Å². The summed E-state index contributed by atoms with van der Waals surface area (Å²) in [7, 11) is 0. The van der Waals surface area contributed by atoms with Crippen molar-refractivity contribution in [3.8, 4) is 0 Å². The van der Waals surface area contributed by atoms with Crippen molar-refractivity contribution in [2.24, 2.45) is 0 Å². The van der Waals surface area contributed by atoms with Gasteiger partial charge in [-0.1, -0.05) is 5.16 Å². The summed E-state index contributed by atoms with van der Waals surface area (Å²) in [5.41, 5.74) is 0.943. The first kappa shape index (κ1) is 11.9. The van der Waals surface area contributed by atoms with E-state index in [1.54, 1.807) is 0 Å². The molecule has 2 aromatic heterocycles. The lowest BCUT2D eigenvalue weighted by Crippen LogP contribution is -2.26. The molecule has 3 rings (SSSR count). The Morgan fingerprint density at radius 2 is 2.44 bits per heavy atom. The summed E-state index contributed by atoms with van der Waals surface area (Å²) >= 11 is 3.41. The number of rotatable bonds is 3. The molecule has 96 valence electrons. The molecule has 1 aliphatic heterocycles. The SMILES string of the molecule is Cc1cc([C@@H]2CCCN2Cn2cc(Br)cn2)on1. The molecule has 1 aliphatic rings. The molecule has 1 atom stereocenters. The van der Waals surface area contributed by atoms with Crippen LogP contribution in [0.15, 0.2) is 27.5 Å². The molecule has 0 N–H and O–H groups in total. The molecule has 0 radical (unpaired) electrons. The highest BCUT2D eigenvalue weighted by Crippen LogP contribution is 2.32. The second kappa shape index (κ2) is 4.85. The predicted octanol–water partition coefficient (Wildman–Crippen LogP) is 2.74. The molecule has 18 heavy (non-hydrogen) atoms. The lowest BCUT2D eigenvalue weighted by Gasteiger charge is -2.21. The van der Waals surface area contributed by atoms with Gasteiger partial charge in [0.1, 0.15) is 0 Å². The van der Waals surface area contributed by atoms with Gasteiger partial charge in [-0.3, -0.25) is 9.58 Å². The summed E-state index contributed by atoms with van der Waals surface area (Å²) < 4.78 is 8.34. The number of nitrogens with zero attached hydrogens (tertiary/aromatic N) is 4. The van der Waals surface area contributed by atoms with Crippen molar-refractivity contribution in [1.82, 2.24) is 19.8 Å². The van der Waals surface area contributed by atoms with E-state index in [0.29, 0.717) is 6.04 Å². The van der Waals surface area contributed by atoms with Crippen molar-refractivity contribution >= 4 is 15.9 Å². The Balaban J connectivity index is 1.75. The summed E-state index contributed by atoms with van der Waals surface area (Å²) in [4.78, 5) is 2.37. The van der Waals surface area contributed by atoms with E-state index in [2.05, 4.69) is 31.1 Å². The van der Waals surface area contributed by atoms with Crippen LogP contribution in [0.3, 0.4) is 0 Å². The Morgan fingerprint density at radius 3 is 3.11 bits per heavy atom. The number of halogens is 1. The molecule has 0 aromatic carbocycles. The first-order valence-corrected chi connectivity index (χ1v) is 6.87. The zero-order chi connectivity index (χ0) is 12.5. The third kappa shape index (κ3) is 2.35. The highest BCUT2D eigenvalue weighted by molar-refractivity contribution is 9.10. The van der Waals surface area contributed by atoms with Gasteiger partial charge in [0.2, 0.25) is 0 Å². The minimum atomic E-state index is 0.328. The Kier molecular flexibility index (Phi) is 3.22. The van der Waals surface area contributed by atoms with Gasteiger partial charge in [-0.25, -0.2) is 0 Å². The van der Waals surface area contributed by atoms with Crippen molar-refractivity contribution in [2.75, 3.05) is 6.54 Å². The number of aryl methyl sites for hydroxylation is 1. The zero-order valence-corrected chi connectivity index (χ0v) is 11.8. The minimum absolute atomic E-state index is 0.328. The highest BCUT2D eigenvalue weighted by atomic mass is 79.9. The maximum atomic E-state index is 5.39. The van der Waals surface area contributed by atoms with E-state index in [0.717, 1.165) is 35.6 Å². The van der Waals surface area contributed by atoms with Crippen LogP contribution in [0.1, 0.15) is 30.3 Å². The summed E-state index contributed by atoms with van der Waals surface area (Å²) in [6, 6.07) is 2.36. The minimum Gasteiger partial charge on any atom is -0.359 e. The molecule has 0 unspecified atom stereocenters. The fourth-order valence-electron chi connectivity index (χ4n) is 2.46. The number of aromatic nitrogens is 3. The van der Waals surface area contributed by atoms with Gasteiger partial charge in [0.05, 0.1) is 29.1 Å². The lowest BCUT2D eigenvalue weighted by molar-refractivity contribution is 0.164. The van der Waals surface area contributed by atoms with E-state index in [4.69, 9.17) is 4.52 Å². The van der Waals surface area contributed by atoms with Crippen LogP contribution in [-0.4, -0.2) is 26.4 Å². The maximum Gasteiger partial charge on any atom is 0.154 e. The molecule has 6 heteroatoms. The van der Waals surface area contributed by atoms with Crippen LogP contribution in [0.4, 0.5) is 0 Å². The van der Waals surface area contributed by atoms with Gasteiger partial charge in [0.25, 0.3) is 0 Å². The van der Waals surface area contributed by atoms with Crippen LogP contribution in [0.25, 0.3) is 0 Å². The number of likely N-dealkylation sites (tertiary alicyclic amines) is 1. The highest BCUT2D eigenvalue weighted by Gasteiger charge is 2.29. The van der Waals surface area contributed by atoms with Crippen molar-refractivity contribution in [3.05, 3.63) is 34.4 Å². The van der Waals surface area contributed by atoms with Gasteiger partial charge in [-0.05, 0) is 35.7 Å². The molecule has 2 aromatic rings. The molecule has 1 saturated heterocycles. The first-order chi connectivity index (χ1) is 8.72. The molecule has 1 fully saturated rings. The van der Waals surface area contributed by atoms with Crippen LogP contribution < -0.4 is 0 Å². The molecule has 0 spiro atoms. The standard InChI is InChI=1S/C12H15BrN4O/c1-9-5-12(18-15-9)11-3-2-4-16(11)8-17-7-10(13)6-14-17/h5-7,11H,2-4,8H2,1H3/t11-/m0/s1. The van der Waals surface area contributed by atoms with E-state index in [1.165, 1.54) is 6.42 Å². The predicted molar refractivity (Wildman–Crippen MR) is 69.8 cm³/mol. The Bertz CT molecular complexity index is 536. The summed E-state index contributed by atoms with van der Waals surface area (Å²) in [6.07, 6.45) is 6.11. The average molecular weight is 311 g/mol. The van der Waals surface area contributed by atoms with Crippen molar-refractivity contribution in [1.29, 1.82) is 0 Å². The summed E-state index contributed by atoms with van der Waals surface area (Å²) in [5, 5.41) is 8.27. The third-order valence-electron chi connectivity index (χ3n) is 3.27. The molecule has 0 aliphatic carbocycles. The molecule has 3 heterocycles. The van der Waals surface area contributed by atoms with Crippen molar-refractivity contribution < 1.29 is 4.52 Å². The monoisotopic (exact) mass is 310 g/mol. The summed E-state index contributed by atoms with van der Waals surface area (Å²) in [6.45, 7) is 3.81. The van der Waals surface area contributed by atoms with Gasteiger partial charge in [-0.15, -0.1) is 0 Å². The Labute approximate surface area is 114 Å². The topological polar surface area (TPSA) is 47.1 Å². The molecule has 0 bridgehead atoms. The van der Waals surface area contributed by atoms with Crippen LogP contribution in [0, 0.1) is 6.92 Å². The van der Waals surface area contributed by atoms with Crippen molar-refractivity contribution in [2.45, 2.75) is 32.5 Å². The molecule has 0 amide bonds. The van der Waals surface area contributed by atoms with E-state index >= 15 is 0 Å². The first-order valence-electron chi connectivity index (χ1n) is 6.07. The van der Waals surface area contributed by atoms with Crippen LogP contribution in [0.2, 0.25) is 0 Å². The van der Waals surface area contributed by atoms with E-state index in [1.807, 2.05) is 30.1 Å². The molecule has 0 saturated carbocycles. The maximum absolute atomic E-state index is 5.39. The Morgan fingerprint density at radius 1 is 1.56 bits per heavy atom. The fraction of sp³-hybridized carbons (Fsp3) is 0.500. The molecular weight excluding hydrogens is 296 g/mol. The normalized spacial score (nSPS) is 20.7. The van der Waals surface area contributed by atoms with E-state index in [9.17, 15) is 0 Å². The van der Waals surface area contributed by atoms with Crippen molar-refractivity contribution in [3.63, 3.8) is 0 Å². The average Bonchev–Trinajstić information content (AvgIpc) is 3.01.